The van der Waals surface area contributed by atoms with Gasteiger partial charge in [-0.3, -0.25) is 9.78 Å². The van der Waals surface area contributed by atoms with Gasteiger partial charge in [0.25, 0.3) is 5.91 Å². The first-order valence-electron chi connectivity index (χ1n) is 9.44. The Morgan fingerprint density at radius 1 is 1.12 bits per heavy atom. The molecular weight excluding hydrogens is 322 g/mol. The second-order valence-electron chi connectivity index (χ2n) is 7.37. The molecule has 0 bridgehead atoms. The Balaban J connectivity index is 1.71. The van der Waals surface area contributed by atoms with Crippen molar-refractivity contribution in [2.24, 2.45) is 0 Å². The van der Waals surface area contributed by atoms with Crippen molar-refractivity contribution in [3.05, 3.63) is 65.1 Å². The number of H-pyrrole nitrogens is 1. The van der Waals surface area contributed by atoms with Crippen LogP contribution in [0.5, 0.6) is 0 Å². The largest absolute Gasteiger partial charge is 0.351 e. The quantitative estimate of drug-likeness (QED) is 0.714. The molecule has 0 saturated carbocycles. The van der Waals surface area contributed by atoms with Crippen molar-refractivity contribution in [2.45, 2.75) is 45.6 Å². The predicted octanol–water partition coefficient (Wildman–Crippen LogP) is 4.94. The van der Waals surface area contributed by atoms with E-state index in [0.29, 0.717) is 5.69 Å². The van der Waals surface area contributed by atoms with Crippen LogP contribution >= 0.6 is 0 Å². The lowest BCUT2D eigenvalue weighted by Crippen LogP contribution is -2.35. The number of carbonyl (C=O) groups excluding carboxylic acids is 1. The van der Waals surface area contributed by atoms with Crippen molar-refractivity contribution < 1.29 is 4.79 Å². The second kappa shape index (κ2) is 6.94. The van der Waals surface area contributed by atoms with Crippen LogP contribution in [-0.4, -0.2) is 27.3 Å². The number of pyridine rings is 1. The monoisotopic (exact) mass is 347 g/mol. The van der Waals surface area contributed by atoms with E-state index in [1.165, 1.54) is 23.1 Å². The maximum absolute atomic E-state index is 13.4. The first-order valence-corrected chi connectivity index (χ1v) is 9.44. The first-order chi connectivity index (χ1) is 12.6. The van der Waals surface area contributed by atoms with Gasteiger partial charge in [-0.1, -0.05) is 18.9 Å². The van der Waals surface area contributed by atoms with Gasteiger partial charge in [0.15, 0.2) is 0 Å². The number of aromatic amines is 1. The lowest BCUT2D eigenvalue weighted by Gasteiger charge is -2.30. The number of hydrogen-bond acceptors (Lipinski definition) is 2. The van der Waals surface area contributed by atoms with Crippen LogP contribution in [0.15, 0.2) is 42.7 Å². The number of likely N-dealkylation sites (tertiary alicyclic amines) is 1. The minimum absolute atomic E-state index is 0.0990. The fourth-order valence-electron chi connectivity index (χ4n) is 4.15. The molecule has 4 nitrogen and oxygen atoms in total. The highest BCUT2D eigenvalue weighted by atomic mass is 16.2. The average molecular weight is 347 g/mol. The van der Waals surface area contributed by atoms with Gasteiger partial charge >= 0.3 is 0 Å². The summed E-state index contributed by atoms with van der Waals surface area (Å²) >= 11 is 0. The molecule has 1 aliphatic heterocycles. The molecule has 1 N–H and O–H groups in total. The Labute approximate surface area is 154 Å². The highest BCUT2D eigenvalue weighted by Gasteiger charge is 2.28. The van der Waals surface area contributed by atoms with E-state index >= 15 is 0 Å². The second-order valence-corrected chi connectivity index (χ2v) is 7.37. The number of nitrogens with zero attached hydrogens (tertiary/aromatic N) is 2. The van der Waals surface area contributed by atoms with Crippen molar-refractivity contribution in [3.63, 3.8) is 0 Å². The lowest BCUT2D eigenvalue weighted by atomic mass is 10.0. The summed E-state index contributed by atoms with van der Waals surface area (Å²) in [6, 6.07) is 10.5. The summed E-state index contributed by atoms with van der Waals surface area (Å²) < 4.78 is 0. The van der Waals surface area contributed by atoms with Crippen molar-refractivity contribution in [2.75, 3.05) is 6.54 Å². The summed E-state index contributed by atoms with van der Waals surface area (Å²) in [6.45, 7) is 4.99. The van der Waals surface area contributed by atoms with E-state index in [-0.39, 0.29) is 11.9 Å². The standard InChI is InChI=1S/C22H25N3O/c1-15-12-16(2)18-14-20(24-19(18)13-15)22(26)25-11-5-3-4-6-21(25)17-7-9-23-10-8-17/h7-10,12-14,21,24H,3-6,11H2,1-2H3. The third kappa shape index (κ3) is 3.12. The normalized spacial score (nSPS) is 18.1. The number of nitrogens with one attached hydrogen (secondary N) is 1. The van der Waals surface area contributed by atoms with Gasteiger partial charge in [-0.05, 0) is 67.6 Å². The van der Waals surface area contributed by atoms with Crippen LogP contribution in [0.25, 0.3) is 10.9 Å². The van der Waals surface area contributed by atoms with E-state index in [1.807, 2.05) is 30.6 Å². The van der Waals surface area contributed by atoms with Gasteiger partial charge in [0, 0.05) is 29.8 Å². The molecule has 4 heteroatoms. The fraction of sp³-hybridized carbons (Fsp3) is 0.364. The van der Waals surface area contributed by atoms with Crippen molar-refractivity contribution in [3.8, 4) is 0 Å². The van der Waals surface area contributed by atoms with Crippen LogP contribution in [0, 0.1) is 13.8 Å². The number of aryl methyl sites for hydroxylation is 2. The number of hydrogen-bond donors (Lipinski definition) is 1. The molecule has 0 spiro atoms. The number of amides is 1. The Morgan fingerprint density at radius 3 is 2.73 bits per heavy atom. The zero-order valence-electron chi connectivity index (χ0n) is 15.5. The van der Waals surface area contributed by atoms with Crippen molar-refractivity contribution in [1.82, 2.24) is 14.9 Å². The molecule has 1 fully saturated rings. The molecule has 4 rings (SSSR count). The molecule has 2 aromatic heterocycles. The van der Waals surface area contributed by atoms with E-state index < -0.39 is 0 Å². The molecule has 0 aliphatic carbocycles. The van der Waals surface area contributed by atoms with Crippen LogP contribution in [0.1, 0.15) is 58.9 Å². The summed E-state index contributed by atoms with van der Waals surface area (Å²) in [7, 11) is 0. The molecule has 1 unspecified atom stereocenters. The van der Waals surface area contributed by atoms with E-state index in [2.05, 4.69) is 40.8 Å². The zero-order chi connectivity index (χ0) is 18.1. The summed E-state index contributed by atoms with van der Waals surface area (Å²) in [5.41, 5.74) is 5.33. The molecule has 1 amide bonds. The molecule has 1 aromatic carbocycles. The van der Waals surface area contributed by atoms with Crippen LogP contribution in [0.3, 0.4) is 0 Å². The third-order valence-electron chi connectivity index (χ3n) is 5.42. The third-order valence-corrected chi connectivity index (χ3v) is 5.42. The van der Waals surface area contributed by atoms with Gasteiger partial charge in [0.1, 0.15) is 5.69 Å². The van der Waals surface area contributed by atoms with Crippen molar-refractivity contribution in [1.29, 1.82) is 0 Å². The number of rotatable bonds is 2. The number of benzene rings is 1. The minimum atomic E-state index is 0.0990. The first kappa shape index (κ1) is 16.8. The Kier molecular flexibility index (Phi) is 4.49. The van der Waals surface area contributed by atoms with Crippen LogP contribution in [-0.2, 0) is 0 Å². The summed E-state index contributed by atoms with van der Waals surface area (Å²) in [5.74, 6) is 0.0990. The summed E-state index contributed by atoms with van der Waals surface area (Å²) in [6.07, 6.45) is 8.04. The van der Waals surface area contributed by atoms with E-state index in [0.717, 1.165) is 36.7 Å². The Morgan fingerprint density at radius 2 is 1.92 bits per heavy atom. The number of carbonyl (C=O) groups is 1. The van der Waals surface area contributed by atoms with Gasteiger partial charge in [-0.15, -0.1) is 0 Å². The topological polar surface area (TPSA) is 49.0 Å². The maximum Gasteiger partial charge on any atom is 0.270 e. The van der Waals surface area contributed by atoms with E-state index in [4.69, 9.17) is 0 Å². The highest BCUT2D eigenvalue weighted by molar-refractivity contribution is 5.99. The van der Waals surface area contributed by atoms with Gasteiger partial charge in [-0.2, -0.15) is 0 Å². The molecule has 134 valence electrons. The van der Waals surface area contributed by atoms with Crippen LogP contribution in [0.4, 0.5) is 0 Å². The van der Waals surface area contributed by atoms with Crippen LogP contribution < -0.4 is 0 Å². The summed E-state index contributed by atoms with van der Waals surface area (Å²) in [4.78, 5) is 22.9. The molecule has 1 atom stereocenters. The number of fused-ring (bicyclic) bond motifs is 1. The molecule has 3 aromatic rings. The lowest BCUT2D eigenvalue weighted by molar-refractivity contribution is 0.0675. The highest BCUT2D eigenvalue weighted by Crippen LogP contribution is 2.32. The molecular formula is C22H25N3O. The van der Waals surface area contributed by atoms with Gasteiger partial charge in [0.05, 0.1) is 6.04 Å². The molecule has 1 saturated heterocycles. The minimum Gasteiger partial charge on any atom is -0.351 e. The maximum atomic E-state index is 13.4. The van der Waals surface area contributed by atoms with E-state index in [1.54, 1.807) is 0 Å². The Bertz CT molecular complexity index is 929. The van der Waals surface area contributed by atoms with Crippen molar-refractivity contribution >= 4 is 16.8 Å². The van der Waals surface area contributed by atoms with Gasteiger partial charge in [0.2, 0.25) is 0 Å². The Hall–Kier alpha value is -2.62. The smallest absolute Gasteiger partial charge is 0.270 e. The van der Waals surface area contributed by atoms with Gasteiger partial charge < -0.3 is 9.88 Å². The van der Waals surface area contributed by atoms with Crippen LogP contribution in [0.2, 0.25) is 0 Å². The predicted molar refractivity (Wildman–Crippen MR) is 104 cm³/mol. The zero-order valence-corrected chi connectivity index (χ0v) is 15.5. The van der Waals surface area contributed by atoms with E-state index in [9.17, 15) is 4.79 Å². The fourth-order valence-corrected chi connectivity index (χ4v) is 4.15. The average Bonchev–Trinajstić information content (AvgIpc) is 2.92. The SMILES string of the molecule is Cc1cc(C)c2cc(C(=O)N3CCCCCC3c3ccncc3)[nH]c2c1. The molecule has 26 heavy (non-hydrogen) atoms. The molecule has 1 aliphatic rings. The molecule has 3 heterocycles. The summed E-state index contributed by atoms with van der Waals surface area (Å²) in [5, 5.41) is 1.13. The number of aromatic nitrogens is 2. The van der Waals surface area contributed by atoms with Gasteiger partial charge in [-0.25, -0.2) is 0 Å². The molecule has 0 radical (unpaired) electrons.